The van der Waals surface area contributed by atoms with Crippen LogP contribution in [0.25, 0.3) is 34.4 Å². The molecule has 1 heterocycles. The van der Waals surface area contributed by atoms with Crippen LogP contribution in [0.5, 0.6) is 0 Å². The van der Waals surface area contributed by atoms with Crippen LogP contribution in [0.15, 0.2) is 156 Å². The van der Waals surface area contributed by atoms with Crippen LogP contribution >= 0.6 is 0 Å². The first-order chi connectivity index (χ1) is 25.8. The van der Waals surface area contributed by atoms with Gasteiger partial charge in [0.1, 0.15) is 0 Å². The number of benzene rings is 6. The van der Waals surface area contributed by atoms with Gasteiger partial charge in [-0.15, -0.1) is 0 Å². The monoisotopic (exact) mass is 884 g/mol. The van der Waals surface area contributed by atoms with Crippen LogP contribution < -0.4 is 10.4 Å². The van der Waals surface area contributed by atoms with Gasteiger partial charge in [0.25, 0.3) is 0 Å². The summed E-state index contributed by atoms with van der Waals surface area (Å²) in [5.41, 5.74) is 14.5. The predicted octanol–water partition coefficient (Wildman–Crippen LogP) is 12.8. The van der Waals surface area contributed by atoms with Crippen molar-refractivity contribution >= 4 is 30.6 Å². The Kier molecular flexibility index (Phi) is 8.38. The molecule has 0 N–H and O–H groups in total. The summed E-state index contributed by atoms with van der Waals surface area (Å²) in [6.07, 6.45) is 5.47. The summed E-state index contributed by atoms with van der Waals surface area (Å²) in [5.74, 6) is 0. The molecule has 2 atom stereocenters. The molecule has 0 radical (unpaired) electrons. The summed E-state index contributed by atoms with van der Waals surface area (Å²) in [6, 6.07) is 56.7. The maximum absolute atomic E-state index is 3.38. The van der Waals surface area contributed by atoms with Crippen LogP contribution in [0, 0.1) is 0 Å². The average molecular weight is 884 g/mol. The SMILES string of the molecule is CC(C)(C)c1cccc(-c2cccc3c2C=C2[CH]3[Hf]([CH3])([CH3])[CH]3C(=Cc4c(-c5cccc(C(C)(C)C)c5)cccc43)[Si]2(c2ccccc2)c2ccccc2)c1. The van der Waals surface area contributed by atoms with E-state index in [0.717, 1.165) is 0 Å². The van der Waals surface area contributed by atoms with Crippen molar-refractivity contribution in [3.05, 3.63) is 189 Å². The van der Waals surface area contributed by atoms with Gasteiger partial charge in [-0.05, 0) is 0 Å². The van der Waals surface area contributed by atoms with E-state index in [1.54, 1.807) is 21.5 Å². The number of hydrogen-bond acceptors (Lipinski definition) is 0. The number of allylic oxidation sites excluding steroid dienone is 2. The van der Waals surface area contributed by atoms with Crippen molar-refractivity contribution in [1.29, 1.82) is 0 Å². The van der Waals surface area contributed by atoms with Crippen LogP contribution in [0.2, 0.25) is 9.36 Å². The first kappa shape index (κ1) is 35.6. The number of hydrogen-bond donors (Lipinski definition) is 0. The van der Waals surface area contributed by atoms with Crippen molar-refractivity contribution in [3.8, 4) is 22.3 Å². The fourth-order valence-electron chi connectivity index (χ4n) is 10.4. The van der Waals surface area contributed by atoms with Crippen molar-refractivity contribution in [1.82, 2.24) is 0 Å². The summed E-state index contributed by atoms with van der Waals surface area (Å²) >= 11 is -3.38. The fourth-order valence-corrected chi connectivity index (χ4v) is 41.6. The van der Waals surface area contributed by atoms with Crippen LogP contribution in [-0.2, 0) is 30.8 Å². The number of fused-ring (bicyclic) bond motifs is 6. The summed E-state index contributed by atoms with van der Waals surface area (Å²) in [4.78, 5) is 0. The van der Waals surface area contributed by atoms with E-state index in [2.05, 4.69) is 209 Å². The van der Waals surface area contributed by atoms with Gasteiger partial charge < -0.3 is 0 Å². The average Bonchev–Trinajstić information content (AvgIpc) is 3.77. The Labute approximate surface area is 329 Å². The molecular formula is C52H52HfSi. The van der Waals surface area contributed by atoms with E-state index in [0.29, 0.717) is 7.35 Å². The Bertz CT molecular complexity index is 2310. The van der Waals surface area contributed by atoms with Gasteiger partial charge in [0.05, 0.1) is 0 Å². The van der Waals surface area contributed by atoms with E-state index in [1.807, 2.05) is 0 Å². The van der Waals surface area contributed by atoms with Crippen molar-refractivity contribution in [2.45, 2.75) is 69.1 Å². The van der Waals surface area contributed by atoms with E-state index >= 15 is 0 Å². The molecule has 1 saturated heterocycles. The van der Waals surface area contributed by atoms with Gasteiger partial charge in [0, 0.05) is 0 Å². The van der Waals surface area contributed by atoms with Gasteiger partial charge in [-0.25, -0.2) is 0 Å². The molecule has 3 aliphatic rings. The minimum atomic E-state index is -3.38. The van der Waals surface area contributed by atoms with Gasteiger partial charge in [-0.2, -0.15) is 0 Å². The molecule has 54 heavy (non-hydrogen) atoms. The molecule has 1 aliphatic heterocycles. The van der Waals surface area contributed by atoms with Gasteiger partial charge in [0.2, 0.25) is 0 Å². The van der Waals surface area contributed by atoms with Crippen molar-refractivity contribution in [2.75, 3.05) is 0 Å². The molecule has 6 aromatic carbocycles. The zero-order chi connectivity index (χ0) is 37.6. The van der Waals surface area contributed by atoms with E-state index in [9.17, 15) is 0 Å². The Morgan fingerprint density at radius 1 is 0.444 bits per heavy atom. The van der Waals surface area contributed by atoms with Crippen LogP contribution in [0.1, 0.15) is 82.3 Å². The molecule has 2 aliphatic carbocycles. The summed E-state index contributed by atoms with van der Waals surface area (Å²) < 4.78 is 6.57. The van der Waals surface area contributed by atoms with Gasteiger partial charge in [-0.1, -0.05) is 0 Å². The molecule has 0 bridgehead atoms. The molecular weight excluding hydrogens is 831 g/mol. The Morgan fingerprint density at radius 2 is 0.833 bits per heavy atom. The first-order valence-electron chi connectivity index (χ1n) is 19.8. The molecule has 1 fully saturated rings. The summed E-state index contributed by atoms with van der Waals surface area (Å²) in [7, 11) is -2.73. The summed E-state index contributed by atoms with van der Waals surface area (Å²) in [5, 5.41) is 6.49. The predicted molar refractivity (Wildman–Crippen MR) is 232 cm³/mol. The van der Waals surface area contributed by atoms with E-state index in [4.69, 9.17) is 0 Å². The van der Waals surface area contributed by atoms with Crippen molar-refractivity contribution in [2.24, 2.45) is 0 Å². The van der Waals surface area contributed by atoms with Gasteiger partial charge in [-0.3, -0.25) is 0 Å². The standard InChI is InChI=1S/C50H46Si.2CH3.Hf/c1-49(2,3)39-21-13-17-35(29-39)45-27-15-19-37-31-43(33-47(37)45)51(41-23-9-7-10-24-41,42-25-11-8-12-26-42)44-32-38-20-16-28-46(48(38)34-44)36-18-14-22-40(30-36)50(4,5)6;;;/h7-34H,1-6H3;2*1H3;. The third kappa shape index (κ3) is 5.38. The molecule has 0 spiro atoms. The second kappa shape index (κ2) is 12.7. The molecule has 0 saturated carbocycles. The number of rotatable bonds is 4. The minimum absolute atomic E-state index is 0.0897. The maximum atomic E-state index is 2.79. The molecule has 6 aromatic rings. The van der Waals surface area contributed by atoms with Crippen LogP contribution in [0.4, 0.5) is 0 Å². The molecule has 2 unspecified atom stereocenters. The molecule has 0 nitrogen and oxygen atoms in total. The van der Waals surface area contributed by atoms with E-state index in [-0.39, 0.29) is 10.8 Å². The Hall–Kier alpha value is -4.11. The quantitative estimate of drug-likeness (QED) is 0.155. The molecule has 268 valence electrons. The van der Waals surface area contributed by atoms with Crippen LogP contribution in [-0.4, -0.2) is 8.07 Å². The molecule has 0 aromatic heterocycles. The second-order valence-corrected chi connectivity index (χ2v) is 39.7. The molecule has 0 amide bonds. The van der Waals surface area contributed by atoms with Crippen molar-refractivity contribution < 1.29 is 20.0 Å². The normalized spacial score (nSPS) is 19.3. The topological polar surface area (TPSA) is 0 Å². The van der Waals surface area contributed by atoms with Crippen molar-refractivity contribution in [3.63, 3.8) is 0 Å². The van der Waals surface area contributed by atoms with E-state index in [1.165, 1.54) is 54.9 Å². The first-order valence-corrected chi connectivity index (χ1v) is 33.2. The second-order valence-electron chi connectivity index (χ2n) is 18.6. The van der Waals surface area contributed by atoms with E-state index < -0.39 is 28.0 Å². The summed E-state index contributed by atoms with van der Waals surface area (Å²) in [6.45, 7) is 14.0. The molecule has 2 heteroatoms. The zero-order valence-corrected chi connectivity index (χ0v) is 37.8. The van der Waals surface area contributed by atoms with Crippen LogP contribution in [0.3, 0.4) is 0 Å². The van der Waals surface area contributed by atoms with Gasteiger partial charge >= 0.3 is 331 Å². The fraction of sp³-hybridized carbons (Fsp3) is 0.231. The molecule has 9 rings (SSSR count). The third-order valence-electron chi connectivity index (χ3n) is 13.0. The Balaban J connectivity index is 1.36. The Morgan fingerprint density at radius 3 is 1.22 bits per heavy atom. The zero-order valence-electron chi connectivity index (χ0n) is 33.2. The third-order valence-corrected chi connectivity index (χ3v) is 35.2. The van der Waals surface area contributed by atoms with Gasteiger partial charge in [0.15, 0.2) is 0 Å².